The minimum atomic E-state index is -0.996. The van der Waals surface area contributed by atoms with Gasteiger partial charge in [-0.05, 0) is 29.3 Å². The number of fused-ring (bicyclic) bond motifs is 1. The van der Waals surface area contributed by atoms with Gasteiger partial charge in [0, 0.05) is 39.2 Å². The number of phenols is 1. The fourth-order valence-corrected chi connectivity index (χ4v) is 5.07. The summed E-state index contributed by atoms with van der Waals surface area (Å²) in [6.07, 6.45) is 3.12. The van der Waals surface area contributed by atoms with Crippen molar-refractivity contribution in [1.29, 1.82) is 0 Å². The number of carboxylic acids is 1. The standard InChI is InChI=1S/C26H17NO4S/c28-18-10-11-19-22(12-18)32-25(24(29)17-4-2-1-3-5-17)23(19)16-8-6-15(7-9-16)20-13-27-14-21(20)26(30)31/h1-14,27-28H,(H,30,31). The number of aromatic carboxylic acids is 1. The van der Waals surface area contributed by atoms with Gasteiger partial charge in [-0.2, -0.15) is 0 Å². The van der Waals surface area contributed by atoms with Crippen LogP contribution in [0.3, 0.4) is 0 Å². The van der Waals surface area contributed by atoms with E-state index in [9.17, 15) is 19.8 Å². The highest BCUT2D eigenvalue weighted by molar-refractivity contribution is 7.21. The number of hydrogen-bond donors (Lipinski definition) is 3. The van der Waals surface area contributed by atoms with Crippen LogP contribution < -0.4 is 0 Å². The molecule has 0 saturated heterocycles. The first-order valence-corrected chi connectivity index (χ1v) is 10.7. The number of nitrogens with one attached hydrogen (secondary N) is 1. The van der Waals surface area contributed by atoms with Gasteiger partial charge in [-0.3, -0.25) is 4.79 Å². The summed E-state index contributed by atoms with van der Waals surface area (Å²) in [4.78, 5) is 28.2. The lowest BCUT2D eigenvalue weighted by atomic mass is 9.96. The van der Waals surface area contributed by atoms with Crippen molar-refractivity contribution >= 4 is 33.2 Å². The largest absolute Gasteiger partial charge is 0.508 e. The van der Waals surface area contributed by atoms with E-state index in [1.807, 2.05) is 48.5 Å². The maximum Gasteiger partial charge on any atom is 0.337 e. The number of hydrogen-bond acceptors (Lipinski definition) is 4. The number of aromatic amines is 1. The Bertz CT molecular complexity index is 1460. The van der Waals surface area contributed by atoms with Crippen LogP contribution in [-0.2, 0) is 0 Å². The first kappa shape index (κ1) is 19.8. The number of carbonyl (C=O) groups is 2. The lowest BCUT2D eigenvalue weighted by molar-refractivity contribution is 0.0697. The number of carboxylic acid groups (broad SMARTS) is 1. The first-order valence-electron chi connectivity index (χ1n) is 9.89. The van der Waals surface area contributed by atoms with E-state index < -0.39 is 5.97 Å². The summed E-state index contributed by atoms with van der Waals surface area (Å²) in [5.74, 6) is -0.929. The zero-order valence-electron chi connectivity index (χ0n) is 16.7. The fourth-order valence-electron chi connectivity index (χ4n) is 3.85. The maximum atomic E-state index is 13.3. The normalized spacial score (nSPS) is 11.0. The quantitative estimate of drug-likeness (QED) is 0.285. The van der Waals surface area contributed by atoms with Crippen molar-refractivity contribution in [2.24, 2.45) is 0 Å². The van der Waals surface area contributed by atoms with Crippen LogP contribution in [0.5, 0.6) is 5.75 Å². The molecule has 0 amide bonds. The van der Waals surface area contributed by atoms with Crippen molar-refractivity contribution < 1.29 is 19.8 Å². The molecule has 0 aliphatic heterocycles. The molecule has 0 aliphatic carbocycles. The first-order chi connectivity index (χ1) is 15.5. The molecule has 2 aromatic heterocycles. The molecule has 5 aromatic rings. The van der Waals surface area contributed by atoms with Gasteiger partial charge >= 0.3 is 5.97 Å². The second-order valence-electron chi connectivity index (χ2n) is 7.35. The van der Waals surface area contributed by atoms with E-state index >= 15 is 0 Å². The number of rotatable bonds is 5. The summed E-state index contributed by atoms with van der Waals surface area (Å²) in [7, 11) is 0. The predicted octanol–water partition coefficient (Wildman–Crippen LogP) is 6.20. The second kappa shape index (κ2) is 7.83. The maximum absolute atomic E-state index is 13.3. The number of carbonyl (C=O) groups excluding carboxylic acids is 1. The van der Waals surface area contributed by atoms with Crippen LogP contribution in [0.1, 0.15) is 25.6 Å². The number of aromatic hydroxyl groups is 1. The number of phenolic OH excluding ortho intramolecular Hbond substituents is 1. The van der Waals surface area contributed by atoms with Gasteiger partial charge in [0.05, 0.1) is 10.4 Å². The van der Waals surface area contributed by atoms with Crippen LogP contribution in [0.15, 0.2) is 85.2 Å². The summed E-state index contributed by atoms with van der Waals surface area (Å²) < 4.78 is 0.821. The third-order valence-corrected chi connectivity index (χ3v) is 6.53. The molecule has 2 heterocycles. The van der Waals surface area contributed by atoms with Gasteiger partial charge in [-0.25, -0.2) is 4.79 Å². The minimum Gasteiger partial charge on any atom is -0.508 e. The SMILES string of the molecule is O=C(O)c1c[nH]cc1-c1ccc(-c2c(C(=O)c3ccccc3)sc3cc(O)ccc23)cc1. The average Bonchev–Trinajstić information content (AvgIpc) is 3.44. The van der Waals surface area contributed by atoms with Gasteiger partial charge in [0.2, 0.25) is 5.78 Å². The van der Waals surface area contributed by atoms with Crippen LogP contribution in [0, 0.1) is 0 Å². The summed E-state index contributed by atoms with van der Waals surface area (Å²) in [5, 5.41) is 20.2. The Kier molecular flexibility index (Phi) is 4.84. The Balaban J connectivity index is 1.65. The van der Waals surface area contributed by atoms with Crippen molar-refractivity contribution in [1.82, 2.24) is 4.98 Å². The van der Waals surface area contributed by atoms with E-state index in [0.717, 1.165) is 26.8 Å². The Hall–Kier alpha value is -4.16. The molecule has 0 saturated carbocycles. The molecule has 6 heteroatoms. The highest BCUT2D eigenvalue weighted by Gasteiger charge is 2.21. The van der Waals surface area contributed by atoms with Gasteiger partial charge in [0.25, 0.3) is 0 Å². The lowest BCUT2D eigenvalue weighted by Gasteiger charge is -2.07. The molecule has 0 unspecified atom stereocenters. The summed E-state index contributed by atoms with van der Waals surface area (Å²) in [6, 6.07) is 21.7. The third kappa shape index (κ3) is 3.36. The van der Waals surface area contributed by atoms with Crippen LogP contribution in [0.25, 0.3) is 32.3 Å². The van der Waals surface area contributed by atoms with Crippen molar-refractivity contribution in [2.45, 2.75) is 0 Å². The van der Waals surface area contributed by atoms with Crippen molar-refractivity contribution in [3.8, 4) is 28.0 Å². The van der Waals surface area contributed by atoms with E-state index in [0.29, 0.717) is 16.0 Å². The Labute approximate surface area is 187 Å². The smallest absolute Gasteiger partial charge is 0.337 e. The molecular weight excluding hydrogens is 422 g/mol. The van der Waals surface area contributed by atoms with Crippen LogP contribution >= 0.6 is 11.3 Å². The average molecular weight is 439 g/mol. The number of H-pyrrole nitrogens is 1. The van der Waals surface area contributed by atoms with Gasteiger partial charge < -0.3 is 15.2 Å². The van der Waals surface area contributed by atoms with E-state index in [-0.39, 0.29) is 17.1 Å². The Morgan fingerprint density at radius 2 is 1.56 bits per heavy atom. The highest BCUT2D eigenvalue weighted by atomic mass is 32.1. The van der Waals surface area contributed by atoms with Gasteiger partial charge in [-0.15, -0.1) is 11.3 Å². The molecule has 0 aliphatic rings. The van der Waals surface area contributed by atoms with E-state index in [1.165, 1.54) is 17.5 Å². The molecule has 5 rings (SSSR count). The summed E-state index contributed by atoms with van der Waals surface area (Å²) >= 11 is 1.35. The van der Waals surface area contributed by atoms with E-state index in [4.69, 9.17) is 0 Å². The zero-order valence-corrected chi connectivity index (χ0v) is 17.5. The van der Waals surface area contributed by atoms with E-state index in [1.54, 1.807) is 30.5 Å². The van der Waals surface area contributed by atoms with Crippen molar-refractivity contribution in [3.05, 3.63) is 101 Å². The molecule has 3 N–H and O–H groups in total. The van der Waals surface area contributed by atoms with Gasteiger partial charge in [-0.1, -0.05) is 54.6 Å². The third-order valence-electron chi connectivity index (χ3n) is 5.38. The van der Waals surface area contributed by atoms with Gasteiger partial charge in [0.15, 0.2) is 0 Å². The highest BCUT2D eigenvalue weighted by Crippen LogP contribution is 2.41. The van der Waals surface area contributed by atoms with Crippen LogP contribution in [0.4, 0.5) is 0 Å². The number of thiophene rings is 1. The molecule has 156 valence electrons. The minimum absolute atomic E-state index is 0.0795. The predicted molar refractivity (Wildman–Crippen MR) is 126 cm³/mol. The summed E-state index contributed by atoms with van der Waals surface area (Å²) in [6.45, 7) is 0. The topological polar surface area (TPSA) is 90.4 Å². The number of benzene rings is 3. The molecule has 3 aromatic carbocycles. The molecule has 32 heavy (non-hydrogen) atoms. The van der Waals surface area contributed by atoms with Crippen LogP contribution in [-0.4, -0.2) is 26.9 Å². The lowest BCUT2D eigenvalue weighted by Crippen LogP contribution is -2.00. The molecular formula is C26H17NO4S. The van der Waals surface area contributed by atoms with Gasteiger partial charge in [0.1, 0.15) is 5.75 Å². The monoisotopic (exact) mass is 439 g/mol. The second-order valence-corrected chi connectivity index (χ2v) is 8.40. The molecule has 5 nitrogen and oxygen atoms in total. The van der Waals surface area contributed by atoms with Crippen LogP contribution in [0.2, 0.25) is 0 Å². The number of ketones is 1. The Morgan fingerprint density at radius 3 is 2.28 bits per heavy atom. The molecule has 0 atom stereocenters. The molecule has 0 spiro atoms. The number of aromatic nitrogens is 1. The zero-order chi connectivity index (χ0) is 22.2. The summed E-state index contributed by atoms with van der Waals surface area (Å²) in [5.41, 5.74) is 3.81. The molecule has 0 bridgehead atoms. The van der Waals surface area contributed by atoms with Crippen molar-refractivity contribution in [2.75, 3.05) is 0 Å². The molecule has 0 fully saturated rings. The van der Waals surface area contributed by atoms with Crippen molar-refractivity contribution in [3.63, 3.8) is 0 Å². The fraction of sp³-hybridized carbons (Fsp3) is 0. The molecule has 0 radical (unpaired) electrons. The Morgan fingerprint density at radius 1 is 0.844 bits per heavy atom. The van der Waals surface area contributed by atoms with E-state index in [2.05, 4.69) is 4.98 Å².